The molecule has 0 bridgehead atoms. The molecule has 5 heteroatoms. The van der Waals surface area contributed by atoms with Crippen molar-refractivity contribution < 1.29 is 18.3 Å². The van der Waals surface area contributed by atoms with Crippen molar-refractivity contribution in [1.82, 2.24) is 0 Å². The minimum absolute atomic E-state index is 0.0887. The second kappa shape index (κ2) is 13.6. The molecule has 3 aromatic rings. The second-order valence-corrected chi connectivity index (χ2v) is 16.8. The summed E-state index contributed by atoms with van der Waals surface area (Å²) >= 11 is 0. The zero-order valence-electron chi connectivity index (χ0n) is 27.5. The van der Waals surface area contributed by atoms with Gasteiger partial charge in [0.25, 0.3) is 0 Å². The molecule has 234 valence electrons. The molecule has 44 heavy (non-hydrogen) atoms. The summed E-state index contributed by atoms with van der Waals surface area (Å²) in [4.78, 5) is 0. The molecule has 0 aliphatic heterocycles. The van der Waals surface area contributed by atoms with Crippen LogP contribution in [0, 0.1) is 11.3 Å². The molecule has 0 heterocycles. The summed E-state index contributed by atoms with van der Waals surface area (Å²) < 4.78 is 25.9. The van der Waals surface area contributed by atoms with E-state index < -0.39 is 8.56 Å². The zero-order valence-corrected chi connectivity index (χ0v) is 28.5. The van der Waals surface area contributed by atoms with Crippen LogP contribution in [0.5, 0.6) is 5.75 Å². The molecule has 3 atom stereocenters. The first-order chi connectivity index (χ1) is 21.0. The van der Waals surface area contributed by atoms with E-state index in [9.17, 15) is 0 Å². The van der Waals surface area contributed by atoms with E-state index in [2.05, 4.69) is 114 Å². The van der Waals surface area contributed by atoms with E-state index in [1.54, 1.807) is 12.7 Å². The van der Waals surface area contributed by atoms with Crippen LogP contribution in [0.3, 0.4) is 0 Å². The monoisotopic (exact) mass is 610 g/mol. The minimum atomic E-state index is -3.03. The summed E-state index contributed by atoms with van der Waals surface area (Å²) in [5.41, 5.74) is 5.18. The van der Waals surface area contributed by atoms with Crippen molar-refractivity contribution in [2.45, 2.75) is 85.0 Å². The third kappa shape index (κ3) is 7.46. The number of ether oxygens (including phenoxy) is 2. The summed E-state index contributed by atoms with van der Waals surface area (Å²) in [7, 11) is -1.34. The molecule has 1 fully saturated rings. The van der Waals surface area contributed by atoms with Gasteiger partial charge >= 0.3 is 8.56 Å². The van der Waals surface area contributed by atoms with Crippen molar-refractivity contribution in [1.29, 1.82) is 0 Å². The van der Waals surface area contributed by atoms with Crippen LogP contribution in [0.25, 0.3) is 0 Å². The number of benzene rings is 3. The van der Waals surface area contributed by atoms with Crippen LogP contribution in [-0.4, -0.2) is 34.0 Å². The number of methoxy groups -OCH3 is 1. The third-order valence-corrected chi connectivity index (χ3v) is 13.1. The molecular formula is C39H50O4Si. The van der Waals surface area contributed by atoms with Crippen molar-refractivity contribution >= 4 is 18.9 Å². The fraction of sp³-hybridized carbons (Fsp3) is 0.436. The standard InChI is InChI=1S/C39H50O4Si/c1-29-24-34(42-44(43-38(3,4)5,35-14-10-8-11-15-35)36-16-12-9-13-17-36)26-39(6)23-22-32(25-37(29)39)30(2)27-41-28-31-18-20-33(40-7)21-19-31/h8-21,32,34H,2,22-28H2,1,3-7H3/t32-,34+,39-/m1/s1. The van der Waals surface area contributed by atoms with Gasteiger partial charge in [-0.2, -0.15) is 0 Å². The Labute approximate surface area is 266 Å². The lowest BCUT2D eigenvalue weighted by atomic mass is 9.60. The van der Waals surface area contributed by atoms with E-state index in [0.717, 1.165) is 53.8 Å². The lowest BCUT2D eigenvalue weighted by molar-refractivity contribution is 0.0335. The number of fused-ring (bicyclic) bond motifs is 1. The lowest BCUT2D eigenvalue weighted by Crippen LogP contribution is -2.67. The maximum Gasteiger partial charge on any atom is 0.407 e. The Balaban J connectivity index is 1.32. The second-order valence-electron chi connectivity index (χ2n) is 14.0. The molecule has 0 radical (unpaired) electrons. The van der Waals surface area contributed by atoms with Gasteiger partial charge in [-0.1, -0.05) is 97.4 Å². The van der Waals surface area contributed by atoms with Crippen LogP contribution in [0.15, 0.2) is 108 Å². The minimum Gasteiger partial charge on any atom is -0.497 e. The highest BCUT2D eigenvalue weighted by Gasteiger charge is 2.50. The topological polar surface area (TPSA) is 36.9 Å². The fourth-order valence-electron chi connectivity index (χ4n) is 7.19. The van der Waals surface area contributed by atoms with Gasteiger partial charge in [-0.15, -0.1) is 0 Å². The summed E-state index contributed by atoms with van der Waals surface area (Å²) in [6, 6.07) is 29.4. The van der Waals surface area contributed by atoms with Crippen molar-refractivity contribution in [2.24, 2.45) is 11.3 Å². The third-order valence-electron chi connectivity index (χ3n) is 9.33. The molecule has 5 rings (SSSR count). The van der Waals surface area contributed by atoms with Crippen LogP contribution in [0.2, 0.25) is 0 Å². The number of rotatable bonds is 11. The summed E-state index contributed by atoms with van der Waals surface area (Å²) in [6.07, 6.45) is 5.36. The summed E-state index contributed by atoms with van der Waals surface area (Å²) in [5.74, 6) is 1.31. The van der Waals surface area contributed by atoms with Gasteiger partial charge in [0.1, 0.15) is 5.75 Å². The van der Waals surface area contributed by atoms with Gasteiger partial charge in [0, 0.05) is 0 Å². The molecule has 4 nitrogen and oxygen atoms in total. The van der Waals surface area contributed by atoms with Gasteiger partial charge in [-0.05, 0) is 105 Å². The van der Waals surface area contributed by atoms with Gasteiger partial charge in [0.2, 0.25) is 0 Å². The van der Waals surface area contributed by atoms with E-state index >= 15 is 0 Å². The molecular weight excluding hydrogens is 561 g/mol. The fourth-order valence-corrected chi connectivity index (χ4v) is 10.8. The van der Waals surface area contributed by atoms with Crippen LogP contribution >= 0.6 is 0 Å². The van der Waals surface area contributed by atoms with Crippen molar-refractivity contribution in [3.63, 3.8) is 0 Å². The van der Waals surface area contributed by atoms with Crippen LogP contribution < -0.4 is 15.1 Å². The highest BCUT2D eigenvalue weighted by atomic mass is 28.4. The normalized spacial score (nSPS) is 22.4. The van der Waals surface area contributed by atoms with Gasteiger partial charge in [-0.25, -0.2) is 0 Å². The van der Waals surface area contributed by atoms with E-state index in [0.29, 0.717) is 19.1 Å². The first-order valence-electron chi connectivity index (χ1n) is 16.1. The Morgan fingerprint density at radius 3 is 2.09 bits per heavy atom. The van der Waals surface area contributed by atoms with Crippen LogP contribution in [0.4, 0.5) is 0 Å². The summed E-state index contributed by atoms with van der Waals surface area (Å²) in [6.45, 7) is 16.9. The Kier molecular flexibility index (Phi) is 10.0. The zero-order chi connectivity index (χ0) is 31.4. The highest BCUT2D eigenvalue weighted by molar-refractivity contribution is 6.92. The molecule has 1 saturated carbocycles. The maximum absolute atomic E-state index is 7.43. The average Bonchev–Trinajstić information content (AvgIpc) is 3.01. The first kappa shape index (κ1) is 32.4. The molecule has 0 spiro atoms. The SMILES string of the molecule is C=C(COCc1ccc(OC)cc1)[C@@H]1CC[C@]2(C)C[C@@H](O[Si](OC(C)(C)C)(c3ccccc3)c3ccccc3)CC(C)=C2C1. The van der Waals surface area contributed by atoms with Crippen molar-refractivity contribution in [3.8, 4) is 5.75 Å². The van der Waals surface area contributed by atoms with E-state index in [-0.39, 0.29) is 17.1 Å². The van der Waals surface area contributed by atoms with Gasteiger partial charge in [0.05, 0.1) is 32.0 Å². The average molecular weight is 611 g/mol. The Morgan fingerprint density at radius 2 is 1.52 bits per heavy atom. The molecule has 0 aromatic heterocycles. The lowest BCUT2D eigenvalue weighted by Gasteiger charge is -2.49. The smallest absolute Gasteiger partial charge is 0.407 e. The number of allylic oxidation sites excluding steroid dienone is 1. The first-order valence-corrected chi connectivity index (χ1v) is 17.9. The molecule has 3 aromatic carbocycles. The van der Waals surface area contributed by atoms with E-state index in [1.165, 1.54) is 11.1 Å². The van der Waals surface area contributed by atoms with Crippen LogP contribution in [-0.2, 0) is 20.2 Å². The van der Waals surface area contributed by atoms with Crippen molar-refractivity contribution in [3.05, 3.63) is 114 Å². The van der Waals surface area contributed by atoms with Gasteiger partial charge < -0.3 is 18.3 Å². The molecule has 2 aliphatic rings. The molecule has 0 amide bonds. The number of hydrogen-bond acceptors (Lipinski definition) is 4. The molecule has 0 saturated heterocycles. The molecule has 0 N–H and O–H groups in total. The predicted molar refractivity (Wildman–Crippen MR) is 183 cm³/mol. The Hall–Kier alpha value is -2.96. The van der Waals surface area contributed by atoms with E-state index in [1.807, 2.05) is 12.1 Å². The molecule has 0 unspecified atom stereocenters. The number of hydrogen-bond donors (Lipinski definition) is 0. The van der Waals surface area contributed by atoms with Crippen molar-refractivity contribution in [2.75, 3.05) is 13.7 Å². The van der Waals surface area contributed by atoms with E-state index in [4.69, 9.17) is 18.3 Å². The van der Waals surface area contributed by atoms with Gasteiger partial charge in [-0.3, -0.25) is 0 Å². The quantitative estimate of drug-likeness (QED) is 0.162. The predicted octanol–water partition coefficient (Wildman–Crippen LogP) is 8.14. The molecule has 2 aliphatic carbocycles. The Bertz CT molecular complexity index is 1380. The Morgan fingerprint density at radius 1 is 0.909 bits per heavy atom. The van der Waals surface area contributed by atoms with Crippen LogP contribution in [0.1, 0.15) is 72.3 Å². The largest absolute Gasteiger partial charge is 0.497 e. The van der Waals surface area contributed by atoms with Gasteiger partial charge in [0.15, 0.2) is 0 Å². The summed E-state index contributed by atoms with van der Waals surface area (Å²) in [5, 5.41) is 2.32. The maximum atomic E-state index is 7.43. The highest BCUT2D eigenvalue weighted by Crippen LogP contribution is 2.53.